The lowest BCUT2D eigenvalue weighted by Gasteiger charge is -2.36. The van der Waals surface area contributed by atoms with Crippen LogP contribution in [0.2, 0.25) is 18.1 Å². The fourth-order valence-electron chi connectivity index (χ4n) is 0.871. The quantitative estimate of drug-likeness (QED) is 0.404. The number of hydrogen-bond donors (Lipinski definition) is 0. The van der Waals surface area contributed by atoms with E-state index in [1.165, 1.54) is 5.57 Å². The van der Waals surface area contributed by atoms with Crippen molar-refractivity contribution in [2.24, 2.45) is 0 Å². The van der Waals surface area contributed by atoms with Gasteiger partial charge in [0.1, 0.15) is 0 Å². The van der Waals surface area contributed by atoms with Crippen molar-refractivity contribution in [2.45, 2.75) is 52.2 Å². The van der Waals surface area contributed by atoms with Crippen molar-refractivity contribution < 1.29 is 4.43 Å². The van der Waals surface area contributed by atoms with E-state index in [2.05, 4.69) is 62.8 Å². The van der Waals surface area contributed by atoms with Crippen LogP contribution in [0.15, 0.2) is 11.6 Å². The summed E-state index contributed by atoms with van der Waals surface area (Å²) in [6.45, 7) is 14.4. The predicted octanol–water partition coefficient (Wildman–Crippen LogP) is 4.74. The van der Waals surface area contributed by atoms with Crippen LogP contribution in [0.1, 0.15) is 34.1 Å². The first-order valence-corrected chi connectivity index (χ1v) is 9.59. The first-order chi connectivity index (χ1) is 6.70. The molecule has 0 aromatic carbocycles. The fraction of sp³-hybridized carbons (Fsp3) is 0.833. The van der Waals surface area contributed by atoms with E-state index in [0.717, 1.165) is 18.4 Å². The second-order valence-electron chi connectivity index (χ2n) is 5.58. The third kappa shape index (κ3) is 5.88. The molecule has 0 spiro atoms. The number of hydrogen-bond acceptors (Lipinski definition) is 1. The molecule has 0 saturated carbocycles. The Balaban J connectivity index is 4.15. The van der Waals surface area contributed by atoms with Gasteiger partial charge in [0.15, 0.2) is 8.32 Å². The van der Waals surface area contributed by atoms with Crippen molar-refractivity contribution in [1.29, 1.82) is 0 Å². The minimum atomic E-state index is -1.56. The van der Waals surface area contributed by atoms with Crippen LogP contribution >= 0.6 is 15.9 Å². The Kier molecular flexibility index (Phi) is 6.38. The summed E-state index contributed by atoms with van der Waals surface area (Å²) < 4.78 is 6.11. The summed E-state index contributed by atoms with van der Waals surface area (Å²) in [5.41, 5.74) is 1.35. The first-order valence-electron chi connectivity index (χ1n) is 5.56. The summed E-state index contributed by atoms with van der Waals surface area (Å²) in [4.78, 5) is 0. The van der Waals surface area contributed by atoms with Crippen LogP contribution in [0.4, 0.5) is 0 Å². The highest BCUT2D eigenvalue weighted by Gasteiger charge is 2.36. The Labute approximate surface area is 105 Å². The molecule has 0 N–H and O–H groups in total. The summed E-state index contributed by atoms with van der Waals surface area (Å²) >= 11 is 3.42. The molecule has 90 valence electrons. The lowest BCUT2D eigenvalue weighted by Crippen LogP contribution is -2.41. The van der Waals surface area contributed by atoms with Gasteiger partial charge in [0.2, 0.25) is 0 Å². The summed E-state index contributed by atoms with van der Waals surface area (Å²) in [6, 6.07) is 0. The zero-order chi connectivity index (χ0) is 12.1. The molecule has 0 saturated heterocycles. The maximum absolute atomic E-state index is 6.11. The molecule has 15 heavy (non-hydrogen) atoms. The molecule has 0 rings (SSSR count). The van der Waals surface area contributed by atoms with E-state index >= 15 is 0 Å². The topological polar surface area (TPSA) is 9.23 Å². The van der Waals surface area contributed by atoms with Crippen LogP contribution in [-0.4, -0.2) is 20.3 Å². The van der Waals surface area contributed by atoms with Gasteiger partial charge in [-0.2, -0.15) is 0 Å². The van der Waals surface area contributed by atoms with Crippen LogP contribution in [0, 0.1) is 0 Å². The Bertz CT molecular complexity index is 216. The Morgan fingerprint density at radius 1 is 1.33 bits per heavy atom. The van der Waals surface area contributed by atoms with Crippen molar-refractivity contribution in [3.8, 4) is 0 Å². The molecule has 0 bridgehead atoms. The van der Waals surface area contributed by atoms with Crippen LogP contribution in [0.3, 0.4) is 0 Å². The van der Waals surface area contributed by atoms with Gasteiger partial charge in [0, 0.05) is 5.33 Å². The van der Waals surface area contributed by atoms with Crippen LogP contribution in [0.5, 0.6) is 0 Å². The third-order valence-corrected chi connectivity index (χ3v) is 8.01. The second-order valence-corrected chi connectivity index (χ2v) is 11.2. The molecule has 0 amide bonds. The summed E-state index contributed by atoms with van der Waals surface area (Å²) in [5, 5.41) is 1.34. The molecule has 1 nitrogen and oxygen atoms in total. The Morgan fingerprint density at radius 2 is 1.87 bits per heavy atom. The summed E-state index contributed by atoms with van der Waals surface area (Å²) in [7, 11) is -1.56. The highest BCUT2D eigenvalue weighted by atomic mass is 79.9. The molecular weight excluding hydrogens is 268 g/mol. The van der Waals surface area contributed by atoms with Crippen molar-refractivity contribution >= 4 is 24.2 Å². The lowest BCUT2D eigenvalue weighted by atomic mass is 10.2. The number of allylic oxidation sites excluding steroid dienone is 1. The average molecular weight is 293 g/mol. The standard InChI is InChI=1S/C12H25BrOSi/c1-11(8-7-9-13)10-14-15(5,6)12(2,3)4/h8H,7,9-10H2,1-6H3. The third-order valence-electron chi connectivity index (χ3n) is 3.07. The monoisotopic (exact) mass is 292 g/mol. The van der Waals surface area contributed by atoms with Gasteiger partial charge in [0.25, 0.3) is 0 Å². The first kappa shape index (κ1) is 15.4. The van der Waals surface area contributed by atoms with Gasteiger partial charge in [-0.3, -0.25) is 0 Å². The van der Waals surface area contributed by atoms with E-state index in [0.29, 0.717) is 5.04 Å². The fourth-order valence-corrected chi connectivity index (χ4v) is 2.12. The molecule has 0 unspecified atom stereocenters. The van der Waals surface area contributed by atoms with Gasteiger partial charge in [-0.05, 0) is 31.5 Å². The average Bonchev–Trinajstić information content (AvgIpc) is 2.09. The van der Waals surface area contributed by atoms with Gasteiger partial charge in [-0.25, -0.2) is 0 Å². The van der Waals surface area contributed by atoms with Gasteiger partial charge in [0.05, 0.1) is 6.61 Å². The highest BCUT2D eigenvalue weighted by Crippen LogP contribution is 2.36. The number of rotatable bonds is 5. The summed E-state index contributed by atoms with van der Waals surface area (Å²) in [6.07, 6.45) is 3.34. The van der Waals surface area contributed by atoms with E-state index in [1.54, 1.807) is 0 Å². The molecule has 0 aliphatic rings. The molecule has 0 heterocycles. The van der Waals surface area contributed by atoms with Crippen LogP contribution in [-0.2, 0) is 4.43 Å². The van der Waals surface area contributed by atoms with E-state index in [4.69, 9.17) is 4.43 Å². The number of halogens is 1. The SMILES string of the molecule is CC(=CCCBr)CO[Si](C)(C)C(C)(C)C. The lowest BCUT2D eigenvalue weighted by molar-refractivity contribution is 0.318. The van der Waals surface area contributed by atoms with Crippen molar-refractivity contribution in [3.05, 3.63) is 11.6 Å². The zero-order valence-electron chi connectivity index (χ0n) is 11.0. The van der Waals surface area contributed by atoms with E-state index in [9.17, 15) is 0 Å². The summed E-state index contributed by atoms with van der Waals surface area (Å²) in [5.74, 6) is 0. The smallest absolute Gasteiger partial charge is 0.192 e. The van der Waals surface area contributed by atoms with Crippen molar-refractivity contribution in [3.63, 3.8) is 0 Å². The van der Waals surface area contributed by atoms with E-state index < -0.39 is 8.32 Å². The van der Waals surface area contributed by atoms with Gasteiger partial charge in [-0.1, -0.05) is 48.4 Å². The van der Waals surface area contributed by atoms with Crippen LogP contribution in [0.25, 0.3) is 0 Å². The minimum absolute atomic E-state index is 0.308. The van der Waals surface area contributed by atoms with Crippen molar-refractivity contribution in [2.75, 3.05) is 11.9 Å². The van der Waals surface area contributed by atoms with E-state index in [-0.39, 0.29) is 0 Å². The molecule has 3 heteroatoms. The maximum Gasteiger partial charge on any atom is 0.192 e. The van der Waals surface area contributed by atoms with Gasteiger partial charge in [-0.15, -0.1) is 0 Å². The molecule has 0 radical (unpaired) electrons. The molecular formula is C12H25BrOSi. The second kappa shape index (κ2) is 6.21. The molecule has 0 aliphatic carbocycles. The Hall–Kier alpha value is 0.397. The minimum Gasteiger partial charge on any atom is -0.413 e. The normalized spacial score (nSPS) is 14.5. The largest absolute Gasteiger partial charge is 0.413 e. The highest BCUT2D eigenvalue weighted by molar-refractivity contribution is 9.09. The molecule has 0 atom stereocenters. The van der Waals surface area contributed by atoms with Crippen LogP contribution < -0.4 is 0 Å². The Morgan fingerprint density at radius 3 is 2.27 bits per heavy atom. The number of alkyl halides is 1. The van der Waals surface area contributed by atoms with Gasteiger partial charge >= 0.3 is 0 Å². The molecule has 0 aliphatic heterocycles. The van der Waals surface area contributed by atoms with E-state index in [1.807, 2.05) is 0 Å². The maximum atomic E-state index is 6.11. The predicted molar refractivity (Wildman–Crippen MR) is 75.3 cm³/mol. The molecule has 0 aromatic rings. The molecule has 0 fully saturated rings. The zero-order valence-corrected chi connectivity index (χ0v) is 13.6. The molecule has 0 aromatic heterocycles. The van der Waals surface area contributed by atoms with Gasteiger partial charge < -0.3 is 4.43 Å². The van der Waals surface area contributed by atoms with Crippen molar-refractivity contribution in [1.82, 2.24) is 0 Å².